The van der Waals surface area contributed by atoms with Gasteiger partial charge in [-0.2, -0.15) is 0 Å². The van der Waals surface area contributed by atoms with E-state index in [9.17, 15) is 38.7 Å². The fourth-order valence-corrected chi connectivity index (χ4v) is 7.89. The van der Waals surface area contributed by atoms with Crippen LogP contribution in [0, 0.1) is 5.92 Å². The highest BCUT2D eigenvalue weighted by Gasteiger charge is 2.42. The Morgan fingerprint density at radius 1 is 0.937 bits per heavy atom. The number of aromatic nitrogens is 2. The normalized spacial score (nSPS) is 18.0. The van der Waals surface area contributed by atoms with Crippen LogP contribution in [0.15, 0.2) is 29.1 Å². The summed E-state index contributed by atoms with van der Waals surface area (Å²) >= 11 is 0. The SMILES string of the molecule is CC(C)C(NC(=O)C1CCCN1C(=O)C(CC(=O)O)NC(=O)CCOCCOCCOCCN)C(=O)OC1C(=O)OCc2c1cc1n(c2=O)Cc2cc3cc4c(cc3nc2-1)OCO4. The molecular weight excluding hydrogens is 828 g/mol. The molecular formula is C42H50N6O15. The number of esters is 2. The molecule has 4 aliphatic rings. The van der Waals surface area contributed by atoms with E-state index >= 15 is 0 Å². The van der Waals surface area contributed by atoms with Crippen molar-refractivity contribution >= 4 is 46.5 Å². The summed E-state index contributed by atoms with van der Waals surface area (Å²) in [5, 5.41) is 15.5. The third kappa shape index (κ3) is 10.1. The summed E-state index contributed by atoms with van der Waals surface area (Å²) in [5.74, 6) is -4.86. The van der Waals surface area contributed by atoms with Crippen LogP contribution < -0.4 is 31.4 Å². The van der Waals surface area contributed by atoms with Gasteiger partial charge >= 0.3 is 17.9 Å². The van der Waals surface area contributed by atoms with Crippen LogP contribution >= 0.6 is 0 Å². The van der Waals surface area contributed by atoms with Crippen LogP contribution in [0.1, 0.15) is 62.3 Å². The molecule has 3 amide bonds. The largest absolute Gasteiger partial charge is 0.481 e. The second kappa shape index (κ2) is 19.9. The smallest absolute Gasteiger partial charge is 0.352 e. The van der Waals surface area contributed by atoms with E-state index in [-0.39, 0.29) is 70.3 Å². The molecule has 0 bridgehead atoms. The van der Waals surface area contributed by atoms with E-state index in [1.807, 2.05) is 12.1 Å². The average molecular weight is 879 g/mol. The summed E-state index contributed by atoms with van der Waals surface area (Å²) in [6, 6.07) is 3.13. The molecule has 2 aromatic heterocycles. The number of aliphatic carboxylic acids is 1. The number of carbonyl (C=O) groups is 6. The highest BCUT2D eigenvalue weighted by molar-refractivity contribution is 5.96. The summed E-state index contributed by atoms with van der Waals surface area (Å²) < 4.78 is 39.6. The van der Waals surface area contributed by atoms with Gasteiger partial charge in [0.1, 0.15) is 24.7 Å². The van der Waals surface area contributed by atoms with Gasteiger partial charge in [0.05, 0.1) is 75.1 Å². The lowest BCUT2D eigenvalue weighted by atomic mass is 9.99. The summed E-state index contributed by atoms with van der Waals surface area (Å²) in [5.41, 5.74) is 7.44. The number of fused-ring (bicyclic) bond motifs is 6. The molecule has 1 fully saturated rings. The Labute approximate surface area is 360 Å². The van der Waals surface area contributed by atoms with E-state index in [1.165, 1.54) is 9.47 Å². The number of hydrogen-bond donors (Lipinski definition) is 4. The molecule has 0 radical (unpaired) electrons. The molecule has 4 aliphatic heterocycles. The third-order valence-electron chi connectivity index (χ3n) is 11.0. The summed E-state index contributed by atoms with van der Waals surface area (Å²) in [6.07, 6.45) is -1.99. The summed E-state index contributed by atoms with van der Waals surface area (Å²) in [7, 11) is 0. The quantitative estimate of drug-likeness (QED) is 0.0686. The molecule has 63 heavy (non-hydrogen) atoms. The predicted octanol–water partition coefficient (Wildman–Crippen LogP) is 0.285. The van der Waals surface area contributed by atoms with Crippen LogP contribution in [0.5, 0.6) is 11.5 Å². The predicted molar refractivity (Wildman–Crippen MR) is 217 cm³/mol. The number of hydrogen-bond acceptors (Lipinski definition) is 16. The number of amides is 3. The van der Waals surface area contributed by atoms with Gasteiger partial charge in [0.2, 0.25) is 30.6 Å². The molecule has 21 heteroatoms. The molecule has 4 unspecified atom stereocenters. The van der Waals surface area contributed by atoms with Gasteiger partial charge in [-0.15, -0.1) is 0 Å². The monoisotopic (exact) mass is 878 g/mol. The minimum Gasteiger partial charge on any atom is -0.481 e. The maximum absolute atomic E-state index is 13.9. The van der Waals surface area contributed by atoms with E-state index in [0.717, 1.165) is 10.9 Å². The number of carbonyl (C=O) groups excluding carboxylic acids is 5. The summed E-state index contributed by atoms with van der Waals surface area (Å²) in [6.45, 7) is 5.32. The van der Waals surface area contributed by atoms with Gasteiger partial charge < -0.3 is 64.1 Å². The van der Waals surface area contributed by atoms with Gasteiger partial charge in [-0.05, 0) is 37.0 Å². The number of carboxylic acid groups (broad SMARTS) is 1. The van der Waals surface area contributed by atoms with Gasteiger partial charge in [0.25, 0.3) is 5.56 Å². The maximum atomic E-state index is 13.9. The molecule has 1 saturated heterocycles. The highest BCUT2D eigenvalue weighted by atomic mass is 16.7. The Morgan fingerprint density at radius 3 is 2.37 bits per heavy atom. The molecule has 7 rings (SSSR count). The second-order valence-corrected chi connectivity index (χ2v) is 15.7. The number of likely N-dealkylation sites (tertiary alicyclic amines) is 1. The van der Waals surface area contributed by atoms with Gasteiger partial charge in [-0.3, -0.25) is 24.0 Å². The number of ether oxygens (including phenoxy) is 7. The Balaban J connectivity index is 0.994. The number of benzene rings is 1. The van der Waals surface area contributed by atoms with Crippen molar-refractivity contribution in [3.63, 3.8) is 0 Å². The number of nitrogens with zero attached hydrogens (tertiary/aromatic N) is 3. The maximum Gasteiger partial charge on any atom is 0.352 e. The molecule has 3 aromatic rings. The first-order chi connectivity index (χ1) is 30.3. The molecule has 21 nitrogen and oxygen atoms in total. The van der Waals surface area contributed by atoms with E-state index in [2.05, 4.69) is 10.6 Å². The van der Waals surface area contributed by atoms with Crippen molar-refractivity contribution < 1.29 is 67.0 Å². The molecule has 0 saturated carbocycles. The topological polar surface area (TPSA) is 275 Å². The van der Waals surface area contributed by atoms with E-state index in [4.69, 9.17) is 43.9 Å². The second-order valence-electron chi connectivity index (χ2n) is 15.7. The number of pyridine rings is 2. The zero-order valence-electron chi connectivity index (χ0n) is 34.9. The van der Waals surface area contributed by atoms with Gasteiger partial charge in [-0.1, -0.05) is 13.8 Å². The highest BCUT2D eigenvalue weighted by Crippen LogP contribution is 2.40. The van der Waals surface area contributed by atoms with Crippen molar-refractivity contribution in [1.82, 2.24) is 25.1 Å². The minimum atomic E-state index is -1.65. The van der Waals surface area contributed by atoms with E-state index < -0.39 is 77.8 Å². The van der Waals surface area contributed by atoms with E-state index in [1.54, 1.807) is 26.0 Å². The first-order valence-electron chi connectivity index (χ1n) is 20.8. The van der Waals surface area contributed by atoms with Crippen molar-refractivity contribution in [3.05, 3.63) is 51.3 Å². The lowest BCUT2D eigenvalue weighted by Gasteiger charge is -2.31. The molecule has 4 atom stereocenters. The molecule has 6 heterocycles. The minimum absolute atomic E-state index is 0.0196. The fourth-order valence-electron chi connectivity index (χ4n) is 7.89. The van der Waals surface area contributed by atoms with Crippen LogP contribution in [0.25, 0.3) is 22.3 Å². The zero-order valence-corrected chi connectivity index (χ0v) is 34.9. The average Bonchev–Trinajstić information content (AvgIpc) is 4.01. The Kier molecular flexibility index (Phi) is 14.2. The van der Waals surface area contributed by atoms with Crippen LogP contribution in [0.2, 0.25) is 0 Å². The van der Waals surface area contributed by atoms with Crippen molar-refractivity contribution in [2.24, 2.45) is 11.7 Å². The lowest BCUT2D eigenvalue weighted by Crippen LogP contribution is -2.56. The Bertz CT molecular complexity index is 2330. The number of cyclic esters (lactones) is 1. The number of nitrogens with one attached hydrogen (secondary N) is 2. The van der Waals surface area contributed by atoms with Gasteiger partial charge in [-0.25, -0.2) is 14.6 Å². The van der Waals surface area contributed by atoms with Gasteiger partial charge in [0, 0.05) is 42.1 Å². The zero-order chi connectivity index (χ0) is 44.8. The molecule has 338 valence electrons. The van der Waals surface area contributed by atoms with Crippen LogP contribution in [-0.4, -0.2) is 133 Å². The lowest BCUT2D eigenvalue weighted by molar-refractivity contribution is -0.173. The Morgan fingerprint density at radius 2 is 1.65 bits per heavy atom. The van der Waals surface area contributed by atoms with Crippen molar-refractivity contribution in [1.29, 1.82) is 0 Å². The molecule has 5 N–H and O–H groups in total. The first-order valence-corrected chi connectivity index (χ1v) is 20.8. The standard InChI is InChI=1S/C42H50N6O15/c1-22(2)35(46-38(52)29-4-3-7-47(29)40(54)28(18-34(50)51)44-33(49)5-8-57-10-12-59-13-11-58-9-6-43)41(55)63-37-25-16-30-36-24(19-48(30)39(53)26(25)20-60-42(37)56)14-23-15-31-32(62-21-61-31)17-27(23)45-36/h14-17,22,28-29,35,37H,3-13,18-21,43H2,1-2H3,(H,44,49)(H,46,52)(H,50,51). The van der Waals surface area contributed by atoms with E-state index in [0.29, 0.717) is 61.2 Å². The molecule has 0 spiro atoms. The number of nitrogens with two attached hydrogens (primary N) is 1. The van der Waals surface area contributed by atoms with Crippen molar-refractivity contribution in [3.8, 4) is 22.9 Å². The van der Waals surface area contributed by atoms with Gasteiger partial charge in [0.15, 0.2) is 11.5 Å². The van der Waals surface area contributed by atoms with Crippen LogP contribution in [0.4, 0.5) is 0 Å². The first kappa shape index (κ1) is 44.9. The Hall–Kier alpha value is -6.16. The number of rotatable bonds is 20. The van der Waals surface area contributed by atoms with Crippen molar-refractivity contribution in [2.45, 2.75) is 76.9 Å². The third-order valence-corrected chi connectivity index (χ3v) is 11.0. The number of carboxylic acids is 1. The fraction of sp³-hybridized carbons (Fsp3) is 0.524. The van der Waals surface area contributed by atoms with Crippen molar-refractivity contribution in [2.75, 3.05) is 59.5 Å². The molecule has 0 aliphatic carbocycles. The molecule has 1 aromatic carbocycles. The van der Waals surface area contributed by atoms with Crippen LogP contribution in [-0.2, 0) is 65.6 Å². The summed E-state index contributed by atoms with van der Waals surface area (Å²) in [4.78, 5) is 99.2. The van der Waals surface area contributed by atoms with Crippen LogP contribution in [0.3, 0.4) is 0 Å².